The van der Waals surface area contributed by atoms with E-state index in [-0.39, 0.29) is 5.91 Å². The van der Waals surface area contributed by atoms with E-state index in [0.717, 1.165) is 0 Å². The molecule has 0 atom stereocenters. The van der Waals surface area contributed by atoms with Crippen molar-refractivity contribution < 1.29 is 4.79 Å². The largest absolute Gasteiger partial charge is 0.345 e. The van der Waals surface area contributed by atoms with Crippen molar-refractivity contribution in [3.05, 3.63) is 0 Å². The zero-order chi connectivity index (χ0) is 7.11. The first-order valence-corrected chi connectivity index (χ1v) is 2.71. The number of nitrogens with one attached hydrogen (secondary N) is 1. The van der Waals surface area contributed by atoms with Crippen molar-refractivity contribution in [2.24, 2.45) is 5.73 Å². The van der Waals surface area contributed by atoms with Crippen LogP contribution in [0.15, 0.2) is 0 Å². The Morgan fingerprint density at radius 1 is 1.78 bits per heavy atom. The highest BCUT2D eigenvalue weighted by Crippen LogP contribution is 1.71. The molecule has 0 spiro atoms. The van der Waals surface area contributed by atoms with Crippen molar-refractivity contribution in [3.8, 4) is 12.3 Å². The predicted octanol–water partition coefficient (Wildman–Crippen LogP) is -0.915. The number of carbonyl (C=O) groups is 1. The van der Waals surface area contributed by atoms with Gasteiger partial charge in [-0.1, -0.05) is 5.92 Å². The van der Waals surface area contributed by atoms with Crippen LogP contribution in [0, 0.1) is 12.3 Å². The highest BCUT2D eigenvalue weighted by Gasteiger charge is 1.93. The first-order chi connectivity index (χ1) is 4.31. The van der Waals surface area contributed by atoms with E-state index in [4.69, 9.17) is 12.2 Å². The summed E-state index contributed by atoms with van der Waals surface area (Å²) in [6, 6.07) is 0. The van der Waals surface area contributed by atoms with Crippen LogP contribution in [-0.2, 0) is 4.79 Å². The minimum Gasteiger partial charge on any atom is -0.345 e. The molecule has 0 radical (unpaired) electrons. The minimum absolute atomic E-state index is 0.0875. The molecule has 0 aromatic carbocycles. The Hall–Kier alpha value is -1.01. The molecule has 3 heteroatoms. The van der Waals surface area contributed by atoms with E-state index in [2.05, 4.69) is 11.2 Å². The van der Waals surface area contributed by atoms with Gasteiger partial charge in [0.05, 0.1) is 6.54 Å². The third kappa shape index (κ3) is 4.85. The summed E-state index contributed by atoms with van der Waals surface area (Å²) in [6.45, 7) is 0.662. The number of terminal acetylenes is 1. The lowest BCUT2D eigenvalue weighted by atomic mass is 10.4. The minimum atomic E-state index is -0.0875. The molecule has 0 bridgehead atoms. The Morgan fingerprint density at radius 3 is 2.89 bits per heavy atom. The molecule has 3 N–H and O–H groups in total. The maximum Gasteiger partial charge on any atom is 0.222 e. The fraction of sp³-hybridized carbons (Fsp3) is 0.500. The molecule has 0 rings (SSSR count). The molecule has 0 fully saturated rings. The first kappa shape index (κ1) is 7.99. The molecule has 0 aromatic rings. The summed E-state index contributed by atoms with van der Waals surface area (Å²) in [7, 11) is 0. The fourth-order valence-electron chi connectivity index (χ4n) is 0.369. The Labute approximate surface area is 54.6 Å². The average Bonchev–Trinajstić information content (AvgIpc) is 1.85. The number of amides is 1. The fourth-order valence-corrected chi connectivity index (χ4v) is 0.369. The number of carbonyl (C=O) groups excluding carboxylic acids is 1. The van der Waals surface area contributed by atoms with Gasteiger partial charge in [-0.15, -0.1) is 6.42 Å². The van der Waals surface area contributed by atoms with Crippen molar-refractivity contribution in [2.45, 2.75) is 6.42 Å². The molecule has 0 aliphatic carbocycles. The Bertz CT molecular complexity index is 126. The molecule has 0 saturated carbocycles. The van der Waals surface area contributed by atoms with Gasteiger partial charge in [0.25, 0.3) is 0 Å². The van der Waals surface area contributed by atoms with Gasteiger partial charge in [-0.05, 0) is 0 Å². The normalized spacial score (nSPS) is 8.00. The molecular weight excluding hydrogens is 116 g/mol. The number of hydrogen-bond donors (Lipinski definition) is 2. The van der Waals surface area contributed by atoms with Crippen LogP contribution >= 0.6 is 0 Å². The zero-order valence-electron chi connectivity index (χ0n) is 5.18. The van der Waals surface area contributed by atoms with Crippen molar-refractivity contribution in [2.75, 3.05) is 13.1 Å². The van der Waals surface area contributed by atoms with Gasteiger partial charge >= 0.3 is 0 Å². The molecule has 0 aliphatic rings. The van der Waals surface area contributed by atoms with E-state index in [1.807, 2.05) is 0 Å². The van der Waals surface area contributed by atoms with Gasteiger partial charge < -0.3 is 11.1 Å². The second-order valence-corrected chi connectivity index (χ2v) is 1.52. The third-order valence-corrected chi connectivity index (χ3v) is 0.759. The van der Waals surface area contributed by atoms with Crippen LogP contribution in [0.5, 0.6) is 0 Å². The van der Waals surface area contributed by atoms with Crippen molar-refractivity contribution in [3.63, 3.8) is 0 Å². The standard InChI is InChI=1S/C6H10N2O/c1-2-5-8-6(9)3-4-7/h1H,3-5,7H2,(H,8,9). The SMILES string of the molecule is C#CCNC(=O)CCN. The summed E-state index contributed by atoms with van der Waals surface area (Å²) < 4.78 is 0. The first-order valence-electron chi connectivity index (χ1n) is 2.71. The van der Waals surface area contributed by atoms with Gasteiger partial charge in [0.2, 0.25) is 5.91 Å². The quantitative estimate of drug-likeness (QED) is 0.481. The van der Waals surface area contributed by atoms with Crippen LogP contribution in [0.1, 0.15) is 6.42 Å². The lowest BCUT2D eigenvalue weighted by molar-refractivity contribution is -0.120. The third-order valence-electron chi connectivity index (χ3n) is 0.759. The molecule has 0 aromatic heterocycles. The summed E-state index contributed by atoms with van der Waals surface area (Å²) in [5.41, 5.74) is 5.09. The van der Waals surface area contributed by atoms with Gasteiger partial charge in [0, 0.05) is 13.0 Å². The number of nitrogens with two attached hydrogens (primary N) is 1. The van der Waals surface area contributed by atoms with Crippen LogP contribution in [0.2, 0.25) is 0 Å². The summed E-state index contributed by atoms with van der Waals surface area (Å²) in [6.07, 6.45) is 5.23. The number of rotatable bonds is 3. The Morgan fingerprint density at radius 2 is 2.44 bits per heavy atom. The van der Waals surface area contributed by atoms with E-state index in [0.29, 0.717) is 19.5 Å². The highest BCUT2D eigenvalue weighted by atomic mass is 16.1. The van der Waals surface area contributed by atoms with E-state index in [1.165, 1.54) is 0 Å². The van der Waals surface area contributed by atoms with E-state index >= 15 is 0 Å². The molecule has 0 saturated heterocycles. The highest BCUT2D eigenvalue weighted by molar-refractivity contribution is 5.76. The zero-order valence-corrected chi connectivity index (χ0v) is 5.18. The monoisotopic (exact) mass is 126 g/mol. The van der Waals surface area contributed by atoms with Crippen LogP contribution in [0.3, 0.4) is 0 Å². The van der Waals surface area contributed by atoms with E-state index in [9.17, 15) is 4.79 Å². The number of hydrogen-bond acceptors (Lipinski definition) is 2. The maximum atomic E-state index is 10.5. The molecule has 50 valence electrons. The van der Waals surface area contributed by atoms with Crippen LogP contribution in [-0.4, -0.2) is 19.0 Å². The van der Waals surface area contributed by atoms with Gasteiger partial charge in [-0.3, -0.25) is 4.79 Å². The maximum absolute atomic E-state index is 10.5. The molecule has 3 nitrogen and oxygen atoms in total. The molecule has 0 heterocycles. The molecule has 1 amide bonds. The summed E-state index contributed by atoms with van der Waals surface area (Å²) in [5.74, 6) is 2.20. The Balaban J connectivity index is 3.19. The molecule has 0 unspecified atom stereocenters. The lowest BCUT2D eigenvalue weighted by Crippen LogP contribution is -2.25. The van der Waals surface area contributed by atoms with Gasteiger partial charge in [0.1, 0.15) is 0 Å². The van der Waals surface area contributed by atoms with E-state index in [1.54, 1.807) is 0 Å². The van der Waals surface area contributed by atoms with Crippen molar-refractivity contribution in [1.29, 1.82) is 0 Å². The summed E-state index contributed by atoms with van der Waals surface area (Å²) >= 11 is 0. The van der Waals surface area contributed by atoms with E-state index < -0.39 is 0 Å². The average molecular weight is 126 g/mol. The molecule has 0 aliphatic heterocycles. The smallest absolute Gasteiger partial charge is 0.222 e. The van der Waals surface area contributed by atoms with Crippen molar-refractivity contribution >= 4 is 5.91 Å². The topological polar surface area (TPSA) is 55.1 Å². The Kier molecular flexibility index (Phi) is 4.56. The molecule has 9 heavy (non-hydrogen) atoms. The lowest BCUT2D eigenvalue weighted by Gasteiger charge is -1.96. The second kappa shape index (κ2) is 5.13. The second-order valence-electron chi connectivity index (χ2n) is 1.52. The predicted molar refractivity (Wildman–Crippen MR) is 35.5 cm³/mol. The van der Waals surface area contributed by atoms with Gasteiger partial charge in [-0.25, -0.2) is 0 Å². The molecular formula is C6H10N2O. The van der Waals surface area contributed by atoms with Gasteiger partial charge in [-0.2, -0.15) is 0 Å². The summed E-state index contributed by atoms with van der Waals surface area (Å²) in [4.78, 5) is 10.5. The van der Waals surface area contributed by atoms with Crippen LogP contribution in [0.25, 0.3) is 0 Å². The van der Waals surface area contributed by atoms with Crippen LogP contribution in [0.4, 0.5) is 0 Å². The van der Waals surface area contributed by atoms with Crippen molar-refractivity contribution in [1.82, 2.24) is 5.32 Å². The van der Waals surface area contributed by atoms with Crippen LogP contribution < -0.4 is 11.1 Å². The van der Waals surface area contributed by atoms with Gasteiger partial charge in [0.15, 0.2) is 0 Å². The summed E-state index contributed by atoms with van der Waals surface area (Å²) in [5, 5.41) is 2.48.